The molecule has 106 valence electrons. The van der Waals surface area contributed by atoms with E-state index >= 15 is 0 Å². The fourth-order valence-corrected chi connectivity index (χ4v) is 3.11. The predicted octanol–water partition coefficient (Wildman–Crippen LogP) is 4.21. The minimum absolute atomic E-state index is 0.732. The summed E-state index contributed by atoms with van der Waals surface area (Å²) in [5, 5.41) is 0.732. The first kappa shape index (κ1) is 14.7. The number of rotatable bonds is 5. The van der Waals surface area contributed by atoms with Crippen LogP contribution >= 0.6 is 11.6 Å². The van der Waals surface area contributed by atoms with Crippen molar-refractivity contribution in [2.45, 2.75) is 39.5 Å². The van der Waals surface area contributed by atoms with E-state index in [-0.39, 0.29) is 0 Å². The van der Waals surface area contributed by atoms with Crippen LogP contribution in [0.4, 0.5) is 0 Å². The lowest BCUT2D eigenvalue weighted by molar-refractivity contribution is 0.204. The third kappa shape index (κ3) is 4.39. The molecule has 1 aliphatic heterocycles. The summed E-state index contributed by atoms with van der Waals surface area (Å²) in [5.41, 5.74) is 2.31. The molecule has 0 bridgehead atoms. The standard InChI is InChI=1S/C16H24ClNO/c1-13-11-14(2)16(15(17)12-13)19-10-6-9-18-7-4-3-5-8-18/h11-12H,3-10H2,1-2H3. The van der Waals surface area contributed by atoms with E-state index in [1.54, 1.807) is 0 Å². The van der Waals surface area contributed by atoms with Gasteiger partial charge in [0.25, 0.3) is 0 Å². The number of aryl methyl sites for hydroxylation is 2. The molecule has 1 fully saturated rings. The van der Waals surface area contributed by atoms with Crippen molar-refractivity contribution in [3.05, 3.63) is 28.3 Å². The summed E-state index contributed by atoms with van der Waals surface area (Å²) in [6.45, 7) is 8.51. The van der Waals surface area contributed by atoms with Gasteiger partial charge in [-0.05, 0) is 63.4 Å². The van der Waals surface area contributed by atoms with Crippen molar-refractivity contribution in [3.8, 4) is 5.75 Å². The van der Waals surface area contributed by atoms with Crippen molar-refractivity contribution >= 4 is 11.6 Å². The van der Waals surface area contributed by atoms with Gasteiger partial charge >= 0.3 is 0 Å². The Kier molecular flexibility index (Phi) is 5.53. The summed E-state index contributed by atoms with van der Waals surface area (Å²) in [7, 11) is 0. The average molecular weight is 282 g/mol. The number of hydrogen-bond donors (Lipinski definition) is 0. The summed E-state index contributed by atoms with van der Waals surface area (Å²) in [4.78, 5) is 2.54. The predicted molar refractivity (Wildman–Crippen MR) is 81.3 cm³/mol. The van der Waals surface area contributed by atoms with E-state index in [1.165, 1.54) is 37.9 Å². The largest absolute Gasteiger partial charge is 0.492 e. The van der Waals surface area contributed by atoms with Gasteiger partial charge in [0, 0.05) is 6.54 Å². The molecule has 0 saturated carbocycles. The van der Waals surface area contributed by atoms with Crippen LogP contribution in [-0.2, 0) is 0 Å². The van der Waals surface area contributed by atoms with Crippen LogP contribution in [0.1, 0.15) is 36.8 Å². The molecule has 0 spiro atoms. The first-order chi connectivity index (χ1) is 9.16. The van der Waals surface area contributed by atoms with Crippen molar-refractivity contribution in [2.24, 2.45) is 0 Å². The Morgan fingerprint density at radius 3 is 2.58 bits per heavy atom. The Hall–Kier alpha value is -0.730. The number of ether oxygens (including phenoxy) is 1. The van der Waals surface area contributed by atoms with Crippen LogP contribution in [0.3, 0.4) is 0 Å². The molecule has 1 heterocycles. The number of benzene rings is 1. The lowest BCUT2D eigenvalue weighted by Crippen LogP contribution is -2.31. The van der Waals surface area contributed by atoms with Crippen molar-refractivity contribution in [3.63, 3.8) is 0 Å². The maximum atomic E-state index is 6.23. The molecule has 19 heavy (non-hydrogen) atoms. The molecular weight excluding hydrogens is 258 g/mol. The SMILES string of the molecule is Cc1cc(C)c(OCCCN2CCCCC2)c(Cl)c1. The van der Waals surface area contributed by atoms with Crippen LogP contribution in [-0.4, -0.2) is 31.1 Å². The van der Waals surface area contributed by atoms with Gasteiger partial charge in [0.2, 0.25) is 0 Å². The van der Waals surface area contributed by atoms with Gasteiger partial charge in [-0.2, -0.15) is 0 Å². The third-order valence-electron chi connectivity index (χ3n) is 3.69. The molecule has 0 radical (unpaired) electrons. The fourth-order valence-electron chi connectivity index (χ4n) is 2.73. The maximum absolute atomic E-state index is 6.23. The Morgan fingerprint density at radius 2 is 1.89 bits per heavy atom. The van der Waals surface area contributed by atoms with Gasteiger partial charge in [0.15, 0.2) is 0 Å². The maximum Gasteiger partial charge on any atom is 0.140 e. The monoisotopic (exact) mass is 281 g/mol. The van der Waals surface area contributed by atoms with Crippen LogP contribution < -0.4 is 4.74 Å². The summed E-state index contributed by atoms with van der Waals surface area (Å²) in [5.74, 6) is 0.853. The zero-order valence-corrected chi connectivity index (χ0v) is 12.8. The molecule has 1 aromatic rings. The zero-order chi connectivity index (χ0) is 13.7. The number of nitrogens with zero attached hydrogens (tertiary/aromatic N) is 1. The van der Waals surface area contributed by atoms with Gasteiger partial charge in [-0.25, -0.2) is 0 Å². The first-order valence-corrected chi connectivity index (χ1v) is 7.66. The second kappa shape index (κ2) is 7.16. The molecule has 0 aliphatic carbocycles. The molecule has 3 heteroatoms. The van der Waals surface area contributed by atoms with Gasteiger partial charge in [-0.1, -0.05) is 24.1 Å². The third-order valence-corrected chi connectivity index (χ3v) is 3.97. The highest BCUT2D eigenvalue weighted by atomic mass is 35.5. The number of hydrogen-bond acceptors (Lipinski definition) is 2. The molecule has 1 aromatic carbocycles. The highest BCUT2D eigenvalue weighted by molar-refractivity contribution is 6.32. The fraction of sp³-hybridized carbons (Fsp3) is 0.625. The normalized spacial score (nSPS) is 16.6. The van der Waals surface area contributed by atoms with Crippen LogP contribution in [0, 0.1) is 13.8 Å². The highest BCUT2D eigenvalue weighted by Gasteiger charge is 2.10. The average Bonchev–Trinajstić information content (AvgIpc) is 2.38. The molecule has 0 atom stereocenters. The number of piperidine rings is 1. The van der Waals surface area contributed by atoms with E-state index in [0.29, 0.717) is 0 Å². The number of likely N-dealkylation sites (tertiary alicyclic amines) is 1. The summed E-state index contributed by atoms with van der Waals surface area (Å²) < 4.78 is 5.86. The molecule has 2 nitrogen and oxygen atoms in total. The Morgan fingerprint density at radius 1 is 1.16 bits per heavy atom. The summed E-state index contributed by atoms with van der Waals surface area (Å²) >= 11 is 6.23. The van der Waals surface area contributed by atoms with Crippen molar-refractivity contribution < 1.29 is 4.74 Å². The van der Waals surface area contributed by atoms with E-state index in [0.717, 1.165) is 35.9 Å². The van der Waals surface area contributed by atoms with Gasteiger partial charge in [0.1, 0.15) is 5.75 Å². The van der Waals surface area contributed by atoms with Gasteiger partial charge in [-0.15, -0.1) is 0 Å². The molecule has 0 N–H and O–H groups in total. The first-order valence-electron chi connectivity index (χ1n) is 7.29. The van der Waals surface area contributed by atoms with Crippen molar-refractivity contribution in [2.75, 3.05) is 26.2 Å². The van der Waals surface area contributed by atoms with Crippen molar-refractivity contribution in [1.29, 1.82) is 0 Å². The molecule has 2 rings (SSSR count). The second-order valence-corrected chi connectivity index (χ2v) is 5.90. The molecular formula is C16H24ClNO. The van der Waals surface area contributed by atoms with Crippen LogP contribution in [0.15, 0.2) is 12.1 Å². The van der Waals surface area contributed by atoms with Gasteiger partial charge in [-0.3, -0.25) is 0 Å². The Balaban J connectivity index is 1.76. The lowest BCUT2D eigenvalue weighted by atomic mass is 10.1. The smallest absolute Gasteiger partial charge is 0.140 e. The molecule has 0 aromatic heterocycles. The van der Waals surface area contributed by atoms with E-state index in [4.69, 9.17) is 16.3 Å². The Bertz CT molecular complexity index is 390. The summed E-state index contributed by atoms with van der Waals surface area (Å²) in [6, 6.07) is 4.08. The summed E-state index contributed by atoms with van der Waals surface area (Å²) in [6.07, 6.45) is 5.17. The lowest BCUT2D eigenvalue weighted by Gasteiger charge is -2.26. The molecule has 0 amide bonds. The Labute approximate surface area is 121 Å². The van der Waals surface area contributed by atoms with Crippen LogP contribution in [0.5, 0.6) is 5.75 Å². The van der Waals surface area contributed by atoms with E-state index in [2.05, 4.69) is 24.8 Å². The zero-order valence-electron chi connectivity index (χ0n) is 12.0. The second-order valence-electron chi connectivity index (χ2n) is 5.50. The van der Waals surface area contributed by atoms with E-state index < -0.39 is 0 Å². The molecule has 1 saturated heterocycles. The van der Waals surface area contributed by atoms with E-state index in [1.807, 2.05) is 6.07 Å². The van der Waals surface area contributed by atoms with Crippen molar-refractivity contribution in [1.82, 2.24) is 4.90 Å². The number of halogens is 1. The molecule has 1 aliphatic rings. The highest BCUT2D eigenvalue weighted by Crippen LogP contribution is 2.29. The minimum Gasteiger partial charge on any atom is -0.492 e. The van der Waals surface area contributed by atoms with Crippen LogP contribution in [0.2, 0.25) is 5.02 Å². The van der Waals surface area contributed by atoms with Gasteiger partial charge < -0.3 is 9.64 Å². The quantitative estimate of drug-likeness (QED) is 0.750. The van der Waals surface area contributed by atoms with Gasteiger partial charge in [0.05, 0.1) is 11.6 Å². The van der Waals surface area contributed by atoms with E-state index in [9.17, 15) is 0 Å². The minimum atomic E-state index is 0.732. The van der Waals surface area contributed by atoms with Crippen LogP contribution in [0.25, 0.3) is 0 Å². The molecule has 0 unspecified atom stereocenters. The topological polar surface area (TPSA) is 12.5 Å².